The van der Waals surface area contributed by atoms with Crippen molar-refractivity contribution in [3.05, 3.63) is 42.5 Å². The van der Waals surface area contributed by atoms with Gasteiger partial charge in [-0.05, 0) is 43.6 Å². The second-order valence-corrected chi connectivity index (χ2v) is 5.41. The van der Waals surface area contributed by atoms with Gasteiger partial charge >= 0.3 is 0 Å². The first-order chi connectivity index (χ1) is 10.1. The van der Waals surface area contributed by atoms with Gasteiger partial charge in [0.15, 0.2) is 0 Å². The molecule has 1 aromatic rings. The Bertz CT molecular complexity index is 425. The van der Waals surface area contributed by atoms with E-state index in [2.05, 4.69) is 44.4 Å². The third-order valence-corrected chi connectivity index (χ3v) is 4.34. The van der Waals surface area contributed by atoms with Crippen molar-refractivity contribution < 1.29 is 4.74 Å². The number of hydrogen-bond acceptors (Lipinski definition) is 3. The van der Waals surface area contributed by atoms with E-state index in [0.717, 1.165) is 37.2 Å². The molecule has 0 radical (unpaired) electrons. The molecule has 0 fully saturated rings. The van der Waals surface area contributed by atoms with Gasteiger partial charge in [0.2, 0.25) is 0 Å². The molecule has 3 nitrogen and oxygen atoms in total. The van der Waals surface area contributed by atoms with E-state index in [1.165, 1.54) is 0 Å². The van der Waals surface area contributed by atoms with E-state index in [9.17, 15) is 0 Å². The van der Waals surface area contributed by atoms with E-state index in [4.69, 9.17) is 10.5 Å². The zero-order chi connectivity index (χ0) is 15.9. The van der Waals surface area contributed by atoms with Gasteiger partial charge in [-0.15, -0.1) is 6.58 Å². The summed E-state index contributed by atoms with van der Waals surface area (Å²) in [4.78, 5) is 2.44. The maximum atomic E-state index is 6.87. The minimum atomic E-state index is -0.422. The molecular formula is C18H30N2O. The molecule has 3 heteroatoms. The van der Waals surface area contributed by atoms with Crippen LogP contribution in [-0.2, 0) is 5.54 Å². The molecule has 0 aromatic heterocycles. The summed E-state index contributed by atoms with van der Waals surface area (Å²) in [6.07, 6.45) is 3.70. The largest absolute Gasteiger partial charge is 0.497 e. The standard InChI is InChI=1S/C18H30N2O/c1-6-14-18(19,17(7-2)20(8-3)9-4)15-10-12-16(21-5)13-11-15/h6,10-13,17H,1,7-9,14,19H2,2-5H3. The predicted molar refractivity (Wildman–Crippen MR) is 90.7 cm³/mol. The summed E-state index contributed by atoms with van der Waals surface area (Å²) in [7, 11) is 1.68. The Morgan fingerprint density at radius 1 is 1.24 bits per heavy atom. The number of rotatable bonds is 9. The second-order valence-electron chi connectivity index (χ2n) is 5.41. The first-order valence-corrected chi connectivity index (χ1v) is 7.85. The third-order valence-electron chi connectivity index (χ3n) is 4.34. The summed E-state index contributed by atoms with van der Waals surface area (Å²) < 4.78 is 5.25. The molecule has 0 saturated carbocycles. The van der Waals surface area contributed by atoms with Crippen molar-refractivity contribution in [2.45, 2.75) is 45.2 Å². The van der Waals surface area contributed by atoms with Crippen molar-refractivity contribution in [2.24, 2.45) is 5.73 Å². The van der Waals surface area contributed by atoms with Crippen molar-refractivity contribution in [1.82, 2.24) is 4.90 Å². The van der Waals surface area contributed by atoms with Gasteiger partial charge in [-0.3, -0.25) is 4.90 Å². The van der Waals surface area contributed by atoms with Gasteiger partial charge in [0.25, 0.3) is 0 Å². The SMILES string of the molecule is C=CCC(N)(c1ccc(OC)cc1)C(CC)N(CC)CC. The maximum Gasteiger partial charge on any atom is 0.118 e. The monoisotopic (exact) mass is 290 g/mol. The van der Waals surface area contributed by atoms with Gasteiger partial charge in [0.05, 0.1) is 12.6 Å². The lowest BCUT2D eigenvalue weighted by atomic mass is 9.78. The minimum absolute atomic E-state index is 0.291. The Morgan fingerprint density at radius 3 is 2.19 bits per heavy atom. The van der Waals surface area contributed by atoms with Gasteiger partial charge in [-0.2, -0.15) is 0 Å². The predicted octanol–water partition coefficient (Wildman–Crippen LogP) is 3.55. The Hall–Kier alpha value is -1.32. The van der Waals surface area contributed by atoms with Crippen molar-refractivity contribution >= 4 is 0 Å². The van der Waals surface area contributed by atoms with Gasteiger partial charge < -0.3 is 10.5 Å². The van der Waals surface area contributed by atoms with Crippen molar-refractivity contribution in [2.75, 3.05) is 20.2 Å². The van der Waals surface area contributed by atoms with Crippen LogP contribution in [0.25, 0.3) is 0 Å². The molecule has 1 aromatic carbocycles. The summed E-state index contributed by atoms with van der Waals surface area (Å²) >= 11 is 0. The van der Waals surface area contributed by atoms with E-state index >= 15 is 0 Å². The fourth-order valence-corrected chi connectivity index (χ4v) is 3.20. The van der Waals surface area contributed by atoms with E-state index in [1.807, 2.05) is 18.2 Å². The molecule has 0 aliphatic carbocycles. The van der Waals surface area contributed by atoms with Crippen LogP contribution in [-0.4, -0.2) is 31.1 Å². The Labute approximate surface area is 129 Å². The van der Waals surface area contributed by atoms with E-state index in [0.29, 0.717) is 6.04 Å². The Kier molecular flexibility index (Phi) is 6.93. The molecule has 2 unspecified atom stereocenters. The molecule has 1 rings (SSSR count). The topological polar surface area (TPSA) is 38.5 Å². The number of nitrogens with two attached hydrogens (primary N) is 1. The van der Waals surface area contributed by atoms with Gasteiger partial charge in [-0.1, -0.05) is 39.0 Å². The van der Waals surface area contributed by atoms with Crippen LogP contribution in [0.5, 0.6) is 5.75 Å². The molecule has 0 bridgehead atoms. The molecule has 0 heterocycles. The molecule has 118 valence electrons. The van der Waals surface area contributed by atoms with Crippen LogP contribution in [0.4, 0.5) is 0 Å². The quantitative estimate of drug-likeness (QED) is 0.707. The number of nitrogens with zero attached hydrogens (tertiary/aromatic N) is 1. The fraction of sp³-hybridized carbons (Fsp3) is 0.556. The first kappa shape index (κ1) is 17.7. The molecule has 0 aliphatic rings. The van der Waals surface area contributed by atoms with Crippen molar-refractivity contribution in [1.29, 1.82) is 0 Å². The van der Waals surface area contributed by atoms with Crippen molar-refractivity contribution in [3.63, 3.8) is 0 Å². The lowest BCUT2D eigenvalue weighted by Gasteiger charge is -2.43. The average molecular weight is 290 g/mol. The minimum Gasteiger partial charge on any atom is -0.497 e. The normalized spacial score (nSPS) is 15.5. The highest BCUT2D eigenvalue weighted by atomic mass is 16.5. The maximum absolute atomic E-state index is 6.87. The van der Waals surface area contributed by atoms with Crippen LogP contribution in [0.1, 0.15) is 39.2 Å². The van der Waals surface area contributed by atoms with Crippen LogP contribution in [0, 0.1) is 0 Å². The van der Waals surface area contributed by atoms with E-state index in [-0.39, 0.29) is 0 Å². The molecule has 21 heavy (non-hydrogen) atoms. The fourth-order valence-electron chi connectivity index (χ4n) is 3.20. The third kappa shape index (κ3) is 3.86. The second kappa shape index (κ2) is 8.20. The molecular weight excluding hydrogens is 260 g/mol. The van der Waals surface area contributed by atoms with Gasteiger partial charge in [0.1, 0.15) is 5.75 Å². The van der Waals surface area contributed by atoms with E-state index in [1.54, 1.807) is 7.11 Å². The first-order valence-electron chi connectivity index (χ1n) is 7.85. The lowest BCUT2D eigenvalue weighted by molar-refractivity contribution is 0.125. The van der Waals surface area contributed by atoms with Crippen LogP contribution in [0.2, 0.25) is 0 Å². The number of benzene rings is 1. The number of hydrogen-bond donors (Lipinski definition) is 1. The molecule has 0 aliphatic heterocycles. The average Bonchev–Trinajstić information content (AvgIpc) is 2.52. The van der Waals surface area contributed by atoms with Crippen LogP contribution in [0.3, 0.4) is 0 Å². The van der Waals surface area contributed by atoms with Crippen LogP contribution < -0.4 is 10.5 Å². The lowest BCUT2D eigenvalue weighted by Crippen LogP contribution is -2.55. The number of methoxy groups -OCH3 is 1. The number of likely N-dealkylation sites (N-methyl/N-ethyl adjacent to an activating group) is 1. The summed E-state index contributed by atoms with van der Waals surface area (Å²) in [6.45, 7) is 12.5. The van der Waals surface area contributed by atoms with Crippen molar-refractivity contribution in [3.8, 4) is 5.75 Å². The molecule has 0 amide bonds. The Balaban J connectivity index is 3.22. The smallest absolute Gasteiger partial charge is 0.118 e. The summed E-state index contributed by atoms with van der Waals surface area (Å²) in [6, 6.07) is 8.41. The zero-order valence-electron chi connectivity index (χ0n) is 13.9. The number of ether oxygens (including phenoxy) is 1. The Morgan fingerprint density at radius 2 is 1.81 bits per heavy atom. The molecule has 2 atom stereocenters. The summed E-state index contributed by atoms with van der Waals surface area (Å²) in [5, 5.41) is 0. The summed E-state index contributed by atoms with van der Waals surface area (Å²) in [5.41, 5.74) is 7.59. The van der Waals surface area contributed by atoms with Crippen LogP contribution >= 0.6 is 0 Å². The van der Waals surface area contributed by atoms with Gasteiger partial charge in [0, 0.05) is 6.04 Å². The molecule has 0 spiro atoms. The van der Waals surface area contributed by atoms with Gasteiger partial charge in [-0.25, -0.2) is 0 Å². The summed E-state index contributed by atoms with van der Waals surface area (Å²) in [5.74, 6) is 0.857. The van der Waals surface area contributed by atoms with E-state index < -0.39 is 5.54 Å². The molecule has 0 saturated heterocycles. The van der Waals surface area contributed by atoms with Crippen LogP contribution in [0.15, 0.2) is 36.9 Å². The zero-order valence-corrected chi connectivity index (χ0v) is 13.9. The molecule has 2 N–H and O–H groups in total. The highest BCUT2D eigenvalue weighted by Crippen LogP contribution is 2.32. The highest BCUT2D eigenvalue weighted by Gasteiger charge is 2.37. The highest BCUT2D eigenvalue weighted by molar-refractivity contribution is 5.33.